The average Bonchev–Trinajstić information content (AvgIpc) is 3.46. The molecule has 3 atom stereocenters. The average molecular weight is 520 g/mol. The number of aromatic nitrogens is 4. The lowest BCUT2D eigenvalue weighted by molar-refractivity contribution is 0.102. The van der Waals surface area contributed by atoms with Gasteiger partial charge >= 0.3 is 0 Å². The summed E-state index contributed by atoms with van der Waals surface area (Å²) in [5.74, 6) is -0.981. The van der Waals surface area contributed by atoms with Crippen LogP contribution < -0.4 is 15.8 Å². The number of nitrogens with zero attached hydrogens (tertiary/aromatic N) is 5. The molecule has 0 spiro atoms. The molecule has 1 saturated carbocycles. The number of thioether (sulfide) groups is 1. The van der Waals surface area contributed by atoms with Crippen LogP contribution in [-0.4, -0.2) is 42.4 Å². The third kappa shape index (κ3) is 4.25. The molecule has 0 saturated heterocycles. The van der Waals surface area contributed by atoms with Gasteiger partial charge in [0.15, 0.2) is 17.6 Å². The lowest BCUT2D eigenvalue weighted by Gasteiger charge is -2.34. The summed E-state index contributed by atoms with van der Waals surface area (Å²) in [6.07, 6.45) is -0.0143. The largest absolute Gasteiger partial charge is 0.466 e. The number of hydrogen-bond donors (Lipinski definition) is 2. The number of fused-ring (bicyclic) bond motifs is 1. The van der Waals surface area contributed by atoms with E-state index in [1.54, 1.807) is 13.8 Å². The maximum atomic E-state index is 14.9. The van der Waals surface area contributed by atoms with Crippen LogP contribution in [0.1, 0.15) is 41.1 Å². The first-order valence-corrected chi connectivity index (χ1v) is 11.6. The summed E-state index contributed by atoms with van der Waals surface area (Å²) >= 11 is 0.838. The van der Waals surface area contributed by atoms with E-state index in [-0.39, 0.29) is 46.9 Å². The van der Waals surface area contributed by atoms with Gasteiger partial charge in [-0.05, 0) is 38.5 Å². The van der Waals surface area contributed by atoms with Crippen LogP contribution in [0.15, 0.2) is 40.1 Å². The van der Waals surface area contributed by atoms with Crippen molar-refractivity contribution in [1.29, 1.82) is 0 Å². The Morgan fingerprint density at radius 2 is 2.17 bits per heavy atom. The van der Waals surface area contributed by atoms with E-state index in [0.717, 1.165) is 17.8 Å². The summed E-state index contributed by atoms with van der Waals surface area (Å²) in [4.78, 5) is 29.1. The molecule has 3 aromatic rings. The molecule has 14 heteroatoms. The molecule has 1 aliphatic carbocycles. The van der Waals surface area contributed by atoms with Crippen LogP contribution in [0.5, 0.6) is 5.88 Å². The van der Waals surface area contributed by atoms with E-state index in [1.165, 1.54) is 24.5 Å². The number of amidine groups is 1. The quantitative estimate of drug-likeness (QED) is 0.480. The molecule has 3 heterocycles. The molecule has 1 aromatic carbocycles. The fourth-order valence-corrected chi connectivity index (χ4v) is 5.67. The Bertz CT molecular complexity index is 1350. The summed E-state index contributed by atoms with van der Waals surface area (Å²) in [5.41, 5.74) is 4.84. The second-order valence-electron chi connectivity index (χ2n) is 8.62. The number of nitrogens with two attached hydrogens (primary N) is 1. The molecule has 0 unspecified atom stereocenters. The van der Waals surface area contributed by atoms with Gasteiger partial charge in [0.1, 0.15) is 11.5 Å². The topological polar surface area (TPSA) is 141 Å². The van der Waals surface area contributed by atoms with Crippen molar-refractivity contribution >= 4 is 28.5 Å². The van der Waals surface area contributed by atoms with Crippen molar-refractivity contribution in [3.8, 4) is 5.88 Å². The number of carbonyl (C=O) groups excluding carboxylic acids is 1. The third-order valence-corrected chi connectivity index (χ3v) is 7.49. The normalized spacial score (nSPS) is 24.7. The van der Waals surface area contributed by atoms with Crippen molar-refractivity contribution in [2.45, 2.75) is 43.6 Å². The summed E-state index contributed by atoms with van der Waals surface area (Å²) in [6, 6.07) is 3.89. The fourth-order valence-electron chi connectivity index (χ4n) is 4.33. The van der Waals surface area contributed by atoms with Gasteiger partial charge in [-0.25, -0.2) is 23.1 Å². The molecule has 1 amide bonds. The predicted octanol–water partition coefficient (Wildman–Crippen LogP) is 3.44. The molecule has 188 valence electrons. The molecule has 0 radical (unpaired) electrons. The first-order chi connectivity index (χ1) is 17.1. The molecule has 3 N–H and O–H groups in total. The van der Waals surface area contributed by atoms with Gasteiger partial charge in [-0.15, -0.1) is 0 Å². The number of carbonyl (C=O) groups is 1. The van der Waals surface area contributed by atoms with E-state index in [9.17, 15) is 18.0 Å². The number of benzene rings is 1. The van der Waals surface area contributed by atoms with E-state index >= 15 is 0 Å². The number of nitrogens with one attached hydrogen (secondary N) is 1. The molecular weight excluding hydrogens is 499 g/mol. The monoisotopic (exact) mass is 519 g/mol. The number of amides is 1. The molecule has 1 aliphatic heterocycles. The molecule has 2 aliphatic rings. The van der Waals surface area contributed by atoms with Gasteiger partial charge in [0, 0.05) is 17.2 Å². The van der Waals surface area contributed by atoms with E-state index in [1.807, 2.05) is 0 Å². The van der Waals surface area contributed by atoms with Crippen LogP contribution in [0.4, 0.5) is 18.9 Å². The molecule has 0 bridgehead atoms. The van der Waals surface area contributed by atoms with Crippen LogP contribution in [0.3, 0.4) is 0 Å². The van der Waals surface area contributed by atoms with E-state index in [4.69, 9.17) is 15.0 Å². The van der Waals surface area contributed by atoms with Gasteiger partial charge in [-0.2, -0.15) is 4.98 Å². The second kappa shape index (κ2) is 8.76. The maximum absolute atomic E-state index is 14.9. The van der Waals surface area contributed by atoms with Crippen LogP contribution in [0.2, 0.25) is 0 Å². The Morgan fingerprint density at radius 1 is 1.36 bits per heavy atom. The Kier molecular flexibility index (Phi) is 5.85. The molecule has 5 rings (SSSR count). The molecule has 36 heavy (non-hydrogen) atoms. The van der Waals surface area contributed by atoms with E-state index < -0.39 is 34.4 Å². The Labute approximate surface area is 206 Å². The van der Waals surface area contributed by atoms with Gasteiger partial charge in [0.05, 0.1) is 22.7 Å². The molecular formula is C22H20F3N7O3S. The van der Waals surface area contributed by atoms with Crippen molar-refractivity contribution in [3.63, 3.8) is 0 Å². The maximum Gasteiger partial charge on any atom is 0.275 e. The standard InChI is InChI=1S/C22H20F3N7O3S/c1-10-29-17(35-32-10)9-34-16-8-27-14(7-28-16)18(33)30-11-3-4-13(23)12(5-11)21(2)15-6-22(15,19(24)25)36-20(26)31-21/h3-5,7-8,15,19H,6,9H2,1-2H3,(H2,26,31)(H,30,33)/t15-,21-,22-/m0/s1. The molecule has 1 fully saturated rings. The van der Waals surface area contributed by atoms with Crippen molar-refractivity contribution in [2.24, 2.45) is 16.6 Å². The number of rotatable bonds is 7. The highest BCUT2D eigenvalue weighted by Gasteiger charge is 2.71. The van der Waals surface area contributed by atoms with Gasteiger partial charge < -0.3 is 20.3 Å². The highest BCUT2D eigenvalue weighted by atomic mass is 32.2. The van der Waals surface area contributed by atoms with Crippen LogP contribution in [0, 0.1) is 18.7 Å². The fraction of sp³-hybridized carbons (Fsp3) is 0.364. The first-order valence-electron chi connectivity index (χ1n) is 10.8. The zero-order valence-electron chi connectivity index (χ0n) is 19.0. The first kappa shape index (κ1) is 24.0. The minimum Gasteiger partial charge on any atom is -0.466 e. The number of ether oxygens (including phenoxy) is 1. The number of alkyl halides is 2. The Hall–Kier alpha value is -3.68. The van der Waals surface area contributed by atoms with E-state index in [2.05, 4.69) is 30.4 Å². The minimum absolute atomic E-state index is 0.0163. The van der Waals surface area contributed by atoms with Crippen molar-refractivity contribution in [1.82, 2.24) is 20.1 Å². The van der Waals surface area contributed by atoms with Crippen molar-refractivity contribution in [3.05, 3.63) is 59.4 Å². The van der Waals surface area contributed by atoms with Gasteiger partial charge in [0.2, 0.25) is 5.88 Å². The summed E-state index contributed by atoms with van der Waals surface area (Å²) in [5, 5.41) is 6.24. The lowest BCUT2D eigenvalue weighted by atomic mass is 9.85. The highest BCUT2D eigenvalue weighted by molar-refractivity contribution is 8.15. The number of hydrogen-bond acceptors (Lipinski definition) is 10. The summed E-state index contributed by atoms with van der Waals surface area (Å²) in [6.45, 7) is 3.24. The van der Waals surface area contributed by atoms with Crippen LogP contribution in [-0.2, 0) is 12.1 Å². The molecule has 2 aromatic heterocycles. The van der Waals surface area contributed by atoms with Gasteiger partial charge in [-0.3, -0.25) is 9.79 Å². The Balaban J connectivity index is 1.31. The third-order valence-electron chi connectivity index (χ3n) is 6.18. The number of halogens is 3. The van der Waals surface area contributed by atoms with E-state index in [0.29, 0.717) is 5.82 Å². The number of anilines is 1. The van der Waals surface area contributed by atoms with Gasteiger partial charge in [-0.1, -0.05) is 16.9 Å². The lowest BCUT2D eigenvalue weighted by Crippen LogP contribution is -2.38. The predicted molar refractivity (Wildman–Crippen MR) is 123 cm³/mol. The second-order valence-corrected chi connectivity index (χ2v) is 10.0. The van der Waals surface area contributed by atoms with Crippen molar-refractivity contribution in [2.75, 3.05) is 5.32 Å². The van der Waals surface area contributed by atoms with Crippen molar-refractivity contribution < 1.29 is 27.2 Å². The SMILES string of the molecule is Cc1noc(COc2cnc(C(=O)Nc3ccc(F)c([C@]4(C)N=C(N)S[C@@]5(C(F)F)C[C@@H]45)c3)cn2)n1. The molecule has 10 nitrogen and oxygen atoms in total. The number of aliphatic imine (C=N–C) groups is 1. The zero-order valence-corrected chi connectivity index (χ0v) is 19.9. The van der Waals surface area contributed by atoms with Crippen LogP contribution >= 0.6 is 11.8 Å². The smallest absolute Gasteiger partial charge is 0.275 e. The highest BCUT2D eigenvalue weighted by Crippen LogP contribution is 2.68. The Morgan fingerprint density at radius 3 is 2.83 bits per heavy atom. The van der Waals surface area contributed by atoms with Crippen LogP contribution in [0.25, 0.3) is 0 Å². The van der Waals surface area contributed by atoms with Gasteiger partial charge in [0.25, 0.3) is 18.2 Å². The number of aryl methyl sites for hydroxylation is 1. The minimum atomic E-state index is -2.63. The zero-order chi connectivity index (χ0) is 25.7. The summed E-state index contributed by atoms with van der Waals surface area (Å²) in [7, 11) is 0. The summed E-state index contributed by atoms with van der Waals surface area (Å²) < 4.78 is 51.4.